The van der Waals surface area contributed by atoms with Crippen LogP contribution >= 0.6 is 0 Å². The van der Waals surface area contributed by atoms with Gasteiger partial charge in [-0.3, -0.25) is 0 Å². The first-order valence-corrected chi connectivity index (χ1v) is 9.29. The molecule has 3 atom stereocenters. The fourth-order valence-corrected chi connectivity index (χ4v) is 4.61. The Bertz CT molecular complexity index is 453. The van der Waals surface area contributed by atoms with Gasteiger partial charge in [0.05, 0.1) is 12.2 Å². The molecule has 2 rings (SSSR count). The second-order valence-corrected chi connectivity index (χ2v) is 8.12. The molecule has 4 nitrogen and oxygen atoms in total. The molecule has 1 aliphatic heterocycles. The average Bonchev–Trinajstić information content (AvgIpc) is 2.84. The highest BCUT2D eigenvalue weighted by atomic mass is 32.2. The van der Waals surface area contributed by atoms with E-state index in [-0.39, 0.29) is 24.9 Å². The summed E-state index contributed by atoms with van der Waals surface area (Å²) in [6.07, 6.45) is 0.277. The Morgan fingerprint density at radius 3 is 2.52 bits per heavy atom. The molecular weight excluding hydrogens is 305 g/mol. The molecule has 0 spiro atoms. The minimum atomic E-state index is -4.12. The summed E-state index contributed by atoms with van der Waals surface area (Å²) in [5.74, 6) is -1.22. The molecular formula is C13H23F3N2O2S. The van der Waals surface area contributed by atoms with Gasteiger partial charge in [0.15, 0.2) is 0 Å². The zero-order valence-electron chi connectivity index (χ0n) is 12.2. The third kappa shape index (κ3) is 4.56. The molecule has 124 valence electrons. The molecule has 1 aliphatic carbocycles. The SMILES string of the molecule is CS(=O)(=O)N1CCC[C@@H]1CN[C@@H]1CCC[C@@H](C(F)(F)F)C1. The van der Waals surface area contributed by atoms with Crippen LogP contribution in [0.5, 0.6) is 0 Å². The quantitative estimate of drug-likeness (QED) is 0.860. The van der Waals surface area contributed by atoms with Crippen LogP contribution in [-0.2, 0) is 10.0 Å². The highest BCUT2D eigenvalue weighted by molar-refractivity contribution is 7.88. The van der Waals surface area contributed by atoms with Crippen LogP contribution in [-0.4, -0.2) is 50.3 Å². The molecule has 2 fully saturated rings. The van der Waals surface area contributed by atoms with Crippen molar-refractivity contribution in [3.8, 4) is 0 Å². The number of alkyl halides is 3. The van der Waals surface area contributed by atoms with Crippen molar-refractivity contribution in [1.29, 1.82) is 0 Å². The van der Waals surface area contributed by atoms with E-state index in [2.05, 4.69) is 5.32 Å². The fourth-order valence-electron chi connectivity index (χ4n) is 3.42. The molecule has 8 heteroatoms. The van der Waals surface area contributed by atoms with Crippen LogP contribution in [0.4, 0.5) is 13.2 Å². The lowest BCUT2D eigenvalue weighted by atomic mass is 9.85. The molecule has 0 unspecified atom stereocenters. The third-order valence-electron chi connectivity index (χ3n) is 4.53. The summed E-state index contributed by atoms with van der Waals surface area (Å²) < 4.78 is 63.0. The number of rotatable bonds is 4. The summed E-state index contributed by atoms with van der Waals surface area (Å²) in [4.78, 5) is 0. The van der Waals surface area contributed by atoms with Crippen LogP contribution in [0.3, 0.4) is 0 Å². The van der Waals surface area contributed by atoms with E-state index < -0.39 is 22.1 Å². The maximum atomic E-state index is 12.8. The molecule has 1 N–H and O–H groups in total. The van der Waals surface area contributed by atoms with Crippen LogP contribution in [0.15, 0.2) is 0 Å². The molecule has 21 heavy (non-hydrogen) atoms. The van der Waals surface area contributed by atoms with Gasteiger partial charge in [-0.25, -0.2) is 8.42 Å². The number of nitrogens with zero attached hydrogens (tertiary/aromatic N) is 1. The number of sulfonamides is 1. The summed E-state index contributed by atoms with van der Waals surface area (Å²) in [5.41, 5.74) is 0. The summed E-state index contributed by atoms with van der Waals surface area (Å²) in [7, 11) is -3.23. The van der Waals surface area contributed by atoms with Crippen LogP contribution in [0.2, 0.25) is 0 Å². The van der Waals surface area contributed by atoms with E-state index in [1.807, 2.05) is 0 Å². The van der Waals surface area contributed by atoms with Gasteiger partial charge in [0.2, 0.25) is 10.0 Å². The lowest BCUT2D eigenvalue weighted by Gasteiger charge is -2.32. The minimum Gasteiger partial charge on any atom is -0.312 e. The third-order valence-corrected chi connectivity index (χ3v) is 5.86. The highest BCUT2D eigenvalue weighted by Crippen LogP contribution is 2.37. The van der Waals surface area contributed by atoms with Crippen molar-refractivity contribution in [1.82, 2.24) is 9.62 Å². The van der Waals surface area contributed by atoms with Gasteiger partial charge in [-0.05, 0) is 32.1 Å². The van der Waals surface area contributed by atoms with E-state index >= 15 is 0 Å². The summed E-state index contributed by atoms with van der Waals surface area (Å²) in [6, 6.07) is -0.279. The zero-order chi connectivity index (χ0) is 15.7. The largest absolute Gasteiger partial charge is 0.391 e. The van der Waals surface area contributed by atoms with Crippen molar-refractivity contribution in [2.45, 2.75) is 56.8 Å². The van der Waals surface area contributed by atoms with Crippen LogP contribution in [0.1, 0.15) is 38.5 Å². The Balaban J connectivity index is 1.85. The van der Waals surface area contributed by atoms with E-state index in [4.69, 9.17) is 0 Å². The Labute approximate surface area is 124 Å². The monoisotopic (exact) mass is 328 g/mol. The van der Waals surface area contributed by atoms with Gasteiger partial charge in [-0.15, -0.1) is 0 Å². The van der Waals surface area contributed by atoms with Crippen molar-refractivity contribution in [2.24, 2.45) is 5.92 Å². The maximum absolute atomic E-state index is 12.8. The first kappa shape index (κ1) is 17.0. The standard InChI is InChI=1S/C13H23F3N2O2S/c1-21(19,20)18-7-3-6-12(18)9-17-11-5-2-4-10(8-11)13(14,15)16/h10-12,17H,2-9H2,1H3/t10-,11-,12-/m1/s1. The number of hydrogen-bond donors (Lipinski definition) is 1. The van der Waals surface area contributed by atoms with E-state index in [9.17, 15) is 21.6 Å². The lowest BCUT2D eigenvalue weighted by Crippen LogP contribution is -2.46. The molecule has 1 heterocycles. The van der Waals surface area contributed by atoms with E-state index in [0.717, 1.165) is 19.3 Å². The normalized spacial score (nSPS) is 32.5. The van der Waals surface area contributed by atoms with Crippen LogP contribution < -0.4 is 5.32 Å². The van der Waals surface area contributed by atoms with E-state index in [0.29, 0.717) is 19.5 Å². The van der Waals surface area contributed by atoms with Gasteiger partial charge >= 0.3 is 6.18 Å². The minimum absolute atomic E-state index is 0.106. The van der Waals surface area contributed by atoms with Gasteiger partial charge in [0.1, 0.15) is 0 Å². The van der Waals surface area contributed by atoms with E-state index in [1.54, 1.807) is 0 Å². The Morgan fingerprint density at radius 2 is 1.90 bits per heavy atom. The van der Waals surface area contributed by atoms with Gasteiger partial charge < -0.3 is 5.32 Å². The first-order valence-electron chi connectivity index (χ1n) is 7.45. The zero-order valence-corrected chi connectivity index (χ0v) is 13.0. The number of halogens is 3. The van der Waals surface area contributed by atoms with Crippen LogP contribution in [0.25, 0.3) is 0 Å². The number of nitrogens with one attached hydrogen (secondary N) is 1. The van der Waals surface area contributed by atoms with Gasteiger partial charge in [-0.1, -0.05) is 6.42 Å². The van der Waals surface area contributed by atoms with Crippen molar-refractivity contribution in [3.63, 3.8) is 0 Å². The maximum Gasteiger partial charge on any atom is 0.391 e. The summed E-state index contributed by atoms with van der Waals surface area (Å²) in [5, 5.41) is 3.16. The Morgan fingerprint density at radius 1 is 1.19 bits per heavy atom. The number of hydrogen-bond acceptors (Lipinski definition) is 3. The van der Waals surface area contributed by atoms with E-state index in [1.165, 1.54) is 10.6 Å². The van der Waals surface area contributed by atoms with Gasteiger partial charge in [0, 0.05) is 25.2 Å². The second kappa shape index (κ2) is 6.42. The van der Waals surface area contributed by atoms with Crippen molar-refractivity contribution >= 4 is 10.0 Å². The summed E-state index contributed by atoms with van der Waals surface area (Å²) >= 11 is 0. The van der Waals surface area contributed by atoms with Gasteiger partial charge in [-0.2, -0.15) is 17.5 Å². The predicted octanol–water partition coefficient (Wildman–Crippen LogP) is 2.12. The predicted molar refractivity (Wildman–Crippen MR) is 74.4 cm³/mol. The summed E-state index contributed by atoms with van der Waals surface area (Å²) in [6.45, 7) is 0.962. The molecule has 0 bridgehead atoms. The van der Waals surface area contributed by atoms with Crippen LogP contribution in [0, 0.1) is 5.92 Å². The Kier molecular flexibility index (Phi) is 5.20. The molecule has 0 aromatic carbocycles. The topological polar surface area (TPSA) is 49.4 Å². The average molecular weight is 328 g/mol. The molecule has 0 aromatic heterocycles. The van der Waals surface area contributed by atoms with Gasteiger partial charge in [0.25, 0.3) is 0 Å². The highest BCUT2D eigenvalue weighted by Gasteiger charge is 2.42. The van der Waals surface area contributed by atoms with Crippen molar-refractivity contribution < 1.29 is 21.6 Å². The fraction of sp³-hybridized carbons (Fsp3) is 1.00. The second-order valence-electron chi connectivity index (χ2n) is 6.18. The van der Waals surface area contributed by atoms with Crippen molar-refractivity contribution in [2.75, 3.05) is 19.3 Å². The smallest absolute Gasteiger partial charge is 0.312 e. The lowest BCUT2D eigenvalue weighted by molar-refractivity contribution is -0.183. The molecule has 0 radical (unpaired) electrons. The molecule has 1 saturated carbocycles. The van der Waals surface area contributed by atoms with Crippen molar-refractivity contribution in [3.05, 3.63) is 0 Å². The first-order chi connectivity index (χ1) is 9.68. The molecule has 0 aromatic rings. The Hall–Kier alpha value is -0.340. The molecule has 1 saturated heterocycles. The molecule has 2 aliphatic rings. The molecule has 0 amide bonds.